The molecule has 1 atom stereocenters. The quantitative estimate of drug-likeness (QED) is 0.808. The van der Waals surface area contributed by atoms with Crippen LogP contribution in [-0.2, 0) is 0 Å². The maximum absolute atomic E-state index is 9.95. The highest BCUT2D eigenvalue weighted by Gasteiger charge is 2.04. The van der Waals surface area contributed by atoms with Gasteiger partial charge in [0.1, 0.15) is 0 Å². The summed E-state index contributed by atoms with van der Waals surface area (Å²) in [5, 5.41) is 9.95. The smallest absolute Gasteiger partial charge is 0.0799 e. The fourth-order valence-electron chi connectivity index (χ4n) is 1.74. The first-order valence-electron chi connectivity index (χ1n) is 6.13. The second kappa shape index (κ2) is 6.64. The molecule has 18 heavy (non-hydrogen) atoms. The lowest BCUT2D eigenvalue weighted by Crippen LogP contribution is -1.95. The van der Waals surface area contributed by atoms with Gasteiger partial charge in [0.2, 0.25) is 0 Å². The number of benzene rings is 2. The van der Waals surface area contributed by atoms with Crippen LogP contribution in [0.2, 0.25) is 0 Å². The highest BCUT2D eigenvalue weighted by molar-refractivity contribution is 5.33. The SMILES string of the molecule is OC(CCC#Cc1ccccc1)c1ccccc1. The molecule has 0 aliphatic rings. The Morgan fingerprint density at radius 3 is 2.17 bits per heavy atom. The number of hydrogen-bond acceptors (Lipinski definition) is 1. The third-order valence-electron chi connectivity index (χ3n) is 2.73. The lowest BCUT2D eigenvalue weighted by molar-refractivity contribution is 0.169. The average Bonchev–Trinajstić information content (AvgIpc) is 2.45. The Balaban J connectivity index is 1.85. The van der Waals surface area contributed by atoms with E-state index < -0.39 is 6.10 Å². The molecule has 2 aromatic carbocycles. The third-order valence-corrected chi connectivity index (χ3v) is 2.73. The number of rotatable bonds is 3. The molecular formula is C17H16O. The van der Waals surface area contributed by atoms with E-state index in [0.29, 0.717) is 12.8 Å². The van der Waals surface area contributed by atoms with Crippen molar-refractivity contribution in [1.82, 2.24) is 0 Å². The van der Waals surface area contributed by atoms with E-state index in [2.05, 4.69) is 11.8 Å². The van der Waals surface area contributed by atoms with Gasteiger partial charge in [-0.25, -0.2) is 0 Å². The molecule has 2 aromatic rings. The summed E-state index contributed by atoms with van der Waals surface area (Å²) in [6.07, 6.45) is 0.950. The molecule has 1 heteroatoms. The average molecular weight is 236 g/mol. The summed E-state index contributed by atoms with van der Waals surface area (Å²) in [5.74, 6) is 6.18. The number of hydrogen-bond donors (Lipinski definition) is 1. The zero-order valence-electron chi connectivity index (χ0n) is 10.2. The summed E-state index contributed by atoms with van der Waals surface area (Å²) in [6, 6.07) is 19.6. The summed E-state index contributed by atoms with van der Waals surface area (Å²) in [6.45, 7) is 0. The second-order valence-electron chi connectivity index (χ2n) is 4.13. The first-order valence-corrected chi connectivity index (χ1v) is 6.13. The van der Waals surface area contributed by atoms with Gasteiger partial charge in [-0.15, -0.1) is 0 Å². The Labute approximate surface area is 108 Å². The van der Waals surface area contributed by atoms with Crippen LogP contribution in [0, 0.1) is 11.8 Å². The predicted molar refractivity (Wildman–Crippen MR) is 74.0 cm³/mol. The van der Waals surface area contributed by atoms with Crippen molar-refractivity contribution in [2.45, 2.75) is 18.9 Å². The van der Waals surface area contributed by atoms with E-state index in [1.165, 1.54) is 0 Å². The van der Waals surface area contributed by atoms with E-state index in [0.717, 1.165) is 11.1 Å². The first-order chi connectivity index (χ1) is 8.86. The predicted octanol–water partition coefficient (Wildman–Crippen LogP) is 3.55. The number of aliphatic hydroxyl groups excluding tert-OH is 1. The molecule has 0 spiro atoms. The van der Waals surface area contributed by atoms with Crippen LogP contribution in [0.25, 0.3) is 0 Å². The summed E-state index contributed by atoms with van der Waals surface area (Å²) in [7, 11) is 0. The van der Waals surface area contributed by atoms with Crippen LogP contribution in [0.4, 0.5) is 0 Å². The van der Waals surface area contributed by atoms with E-state index in [9.17, 15) is 5.11 Å². The Bertz CT molecular complexity index is 520. The molecule has 0 aromatic heterocycles. The Morgan fingerprint density at radius 2 is 1.50 bits per heavy atom. The fourth-order valence-corrected chi connectivity index (χ4v) is 1.74. The summed E-state index contributed by atoms with van der Waals surface area (Å²) in [5.41, 5.74) is 1.98. The van der Waals surface area contributed by atoms with Crippen LogP contribution in [0.1, 0.15) is 30.1 Å². The highest BCUT2D eigenvalue weighted by Crippen LogP contribution is 2.16. The van der Waals surface area contributed by atoms with Gasteiger partial charge in [-0.05, 0) is 24.1 Å². The Kier molecular flexibility index (Phi) is 4.58. The zero-order chi connectivity index (χ0) is 12.6. The van der Waals surface area contributed by atoms with Crippen LogP contribution >= 0.6 is 0 Å². The van der Waals surface area contributed by atoms with Crippen molar-refractivity contribution in [3.63, 3.8) is 0 Å². The molecule has 0 aliphatic heterocycles. The van der Waals surface area contributed by atoms with Crippen LogP contribution in [0.5, 0.6) is 0 Å². The molecule has 2 rings (SSSR count). The van der Waals surface area contributed by atoms with Crippen molar-refractivity contribution in [3.05, 3.63) is 71.8 Å². The van der Waals surface area contributed by atoms with Crippen molar-refractivity contribution in [3.8, 4) is 11.8 Å². The van der Waals surface area contributed by atoms with Gasteiger partial charge < -0.3 is 5.11 Å². The highest BCUT2D eigenvalue weighted by atomic mass is 16.3. The van der Waals surface area contributed by atoms with Crippen molar-refractivity contribution in [2.75, 3.05) is 0 Å². The molecule has 0 amide bonds. The van der Waals surface area contributed by atoms with Crippen LogP contribution < -0.4 is 0 Å². The van der Waals surface area contributed by atoms with Gasteiger partial charge in [0, 0.05) is 12.0 Å². The molecular weight excluding hydrogens is 220 g/mol. The lowest BCUT2D eigenvalue weighted by Gasteiger charge is -2.07. The maximum Gasteiger partial charge on any atom is 0.0799 e. The zero-order valence-corrected chi connectivity index (χ0v) is 10.2. The van der Waals surface area contributed by atoms with Gasteiger partial charge in [-0.2, -0.15) is 0 Å². The molecule has 1 nitrogen and oxygen atoms in total. The largest absolute Gasteiger partial charge is 0.388 e. The minimum absolute atomic E-state index is 0.420. The second-order valence-corrected chi connectivity index (χ2v) is 4.13. The van der Waals surface area contributed by atoms with Crippen molar-refractivity contribution >= 4 is 0 Å². The molecule has 1 N–H and O–H groups in total. The molecule has 0 bridgehead atoms. The molecule has 0 radical (unpaired) electrons. The molecule has 0 heterocycles. The number of aliphatic hydroxyl groups is 1. The van der Waals surface area contributed by atoms with Crippen LogP contribution in [0.15, 0.2) is 60.7 Å². The van der Waals surface area contributed by atoms with E-state index in [1.807, 2.05) is 60.7 Å². The minimum Gasteiger partial charge on any atom is -0.388 e. The van der Waals surface area contributed by atoms with E-state index >= 15 is 0 Å². The minimum atomic E-state index is -0.420. The van der Waals surface area contributed by atoms with Gasteiger partial charge in [0.25, 0.3) is 0 Å². The van der Waals surface area contributed by atoms with Gasteiger partial charge in [-0.1, -0.05) is 60.4 Å². The van der Waals surface area contributed by atoms with E-state index in [-0.39, 0.29) is 0 Å². The maximum atomic E-state index is 9.95. The van der Waals surface area contributed by atoms with Gasteiger partial charge >= 0.3 is 0 Å². The molecule has 1 unspecified atom stereocenters. The van der Waals surface area contributed by atoms with E-state index in [1.54, 1.807) is 0 Å². The monoisotopic (exact) mass is 236 g/mol. The van der Waals surface area contributed by atoms with Gasteiger partial charge in [0.15, 0.2) is 0 Å². The molecule has 90 valence electrons. The Hall–Kier alpha value is -2.04. The topological polar surface area (TPSA) is 20.2 Å². The first kappa shape index (κ1) is 12.4. The molecule has 0 saturated heterocycles. The lowest BCUT2D eigenvalue weighted by atomic mass is 10.1. The fraction of sp³-hybridized carbons (Fsp3) is 0.176. The molecule has 0 saturated carbocycles. The van der Waals surface area contributed by atoms with Crippen molar-refractivity contribution in [1.29, 1.82) is 0 Å². The summed E-state index contributed by atoms with van der Waals surface area (Å²) >= 11 is 0. The summed E-state index contributed by atoms with van der Waals surface area (Å²) in [4.78, 5) is 0. The van der Waals surface area contributed by atoms with E-state index in [4.69, 9.17) is 0 Å². The van der Waals surface area contributed by atoms with Crippen molar-refractivity contribution < 1.29 is 5.11 Å². The van der Waals surface area contributed by atoms with Gasteiger partial charge in [-0.3, -0.25) is 0 Å². The molecule has 0 aliphatic carbocycles. The third kappa shape index (κ3) is 3.76. The molecule has 0 fully saturated rings. The van der Waals surface area contributed by atoms with Crippen LogP contribution in [0.3, 0.4) is 0 Å². The van der Waals surface area contributed by atoms with Crippen LogP contribution in [-0.4, -0.2) is 5.11 Å². The summed E-state index contributed by atoms with van der Waals surface area (Å²) < 4.78 is 0. The normalized spacial score (nSPS) is 11.4. The standard InChI is InChI=1S/C17H16O/c18-17(16-12-5-2-6-13-16)14-8-7-11-15-9-3-1-4-10-15/h1-6,9-10,12-13,17-18H,8,14H2. The Morgan fingerprint density at radius 1 is 0.889 bits per heavy atom. The van der Waals surface area contributed by atoms with Crippen molar-refractivity contribution in [2.24, 2.45) is 0 Å². The van der Waals surface area contributed by atoms with Gasteiger partial charge in [0.05, 0.1) is 6.10 Å².